The van der Waals surface area contributed by atoms with Crippen molar-refractivity contribution in [2.45, 2.75) is 5.16 Å². The van der Waals surface area contributed by atoms with Crippen molar-refractivity contribution in [3.63, 3.8) is 0 Å². The molecule has 0 bridgehead atoms. The molecular formula is C20H14Cl2N4O2S. The van der Waals surface area contributed by atoms with Crippen molar-refractivity contribution in [3.8, 4) is 11.3 Å². The number of rotatable bonds is 6. The molecule has 0 aliphatic rings. The van der Waals surface area contributed by atoms with Crippen LogP contribution in [0.2, 0.25) is 10.0 Å². The number of benzene rings is 2. The molecule has 4 aromatic rings. The predicted octanol–water partition coefficient (Wildman–Crippen LogP) is 5.37. The fraction of sp³-hybridized carbons (Fsp3) is 0.0500. The van der Waals surface area contributed by atoms with E-state index in [2.05, 4.69) is 20.5 Å². The van der Waals surface area contributed by atoms with Crippen LogP contribution in [-0.2, 0) is 4.79 Å². The standard InChI is InChI=1S/C20H14Cl2N4O2S/c21-14-5-3-4-13(19(14)22)17-9-8-12(28-17)10-23-26-18(27)11-29-20-24-15-6-1-2-7-16(15)25-20/h1-10H,11H2,(H,24,25)(H,26,27)/b23-10-. The number of H-pyrrole nitrogens is 1. The van der Waals surface area contributed by atoms with Gasteiger partial charge in [0, 0.05) is 5.56 Å². The molecule has 0 atom stereocenters. The molecule has 1 amide bonds. The number of halogens is 2. The summed E-state index contributed by atoms with van der Waals surface area (Å²) < 4.78 is 5.69. The number of aromatic nitrogens is 2. The smallest absolute Gasteiger partial charge is 0.250 e. The van der Waals surface area contributed by atoms with Gasteiger partial charge in [-0.2, -0.15) is 5.10 Å². The number of nitrogens with one attached hydrogen (secondary N) is 2. The van der Waals surface area contributed by atoms with E-state index in [1.54, 1.807) is 24.3 Å². The number of hydrogen-bond acceptors (Lipinski definition) is 5. The summed E-state index contributed by atoms with van der Waals surface area (Å²) in [6.45, 7) is 0. The summed E-state index contributed by atoms with van der Waals surface area (Å²) in [6.07, 6.45) is 1.42. The van der Waals surface area contributed by atoms with Crippen LogP contribution in [0.3, 0.4) is 0 Å². The average molecular weight is 445 g/mol. The molecule has 2 heterocycles. The average Bonchev–Trinajstić information content (AvgIpc) is 3.35. The number of hydrogen-bond donors (Lipinski definition) is 2. The van der Waals surface area contributed by atoms with Crippen LogP contribution < -0.4 is 5.43 Å². The molecule has 29 heavy (non-hydrogen) atoms. The largest absolute Gasteiger partial charge is 0.455 e. The minimum Gasteiger partial charge on any atom is -0.455 e. The quantitative estimate of drug-likeness (QED) is 0.237. The number of imidazole rings is 1. The zero-order valence-electron chi connectivity index (χ0n) is 14.9. The number of amides is 1. The summed E-state index contributed by atoms with van der Waals surface area (Å²) in [4.78, 5) is 19.5. The van der Waals surface area contributed by atoms with Gasteiger partial charge in [0.05, 0.1) is 33.0 Å². The normalized spacial score (nSPS) is 11.4. The van der Waals surface area contributed by atoms with Gasteiger partial charge in [0.15, 0.2) is 5.16 Å². The maximum atomic E-state index is 12.0. The van der Waals surface area contributed by atoms with Gasteiger partial charge >= 0.3 is 0 Å². The first kappa shape index (κ1) is 19.6. The summed E-state index contributed by atoms with van der Waals surface area (Å²) in [5.74, 6) is 0.960. The lowest BCUT2D eigenvalue weighted by Crippen LogP contribution is -2.19. The third-order valence-corrected chi connectivity index (χ3v) is 5.62. The van der Waals surface area contributed by atoms with Crippen LogP contribution in [0, 0.1) is 0 Å². The van der Waals surface area contributed by atoms with E-state index in [0.29, 0.717) is 32.3 Å². The zero-order chi connectivity index (χ0) is 20.2. The van der Waals surface area contributed by atoms with Gasteiger partial charge in [-0.3, -0.25) is 4.79 Å². The van der Waals surface area contributed by atoms with Gasteiger partial charge in [0.2, 0.25) is 0 Å². The van der Waals surface area contributed by atoms with Crippen LogP contribution in [0.15, 0.2) is 69.3 Å². The molecular weight excluding hydrogens is 431 g/mol. The summed E-state index contributed by atoms with van der Waals surface area (Å²) in [5, 5.41) is 5.47. The van der Waals surface area contributed by atoms with Gasteiger partial charge in [-0.15, -0.1) is 0 Å². The molecule has 2 N–H and O–H groups in total. The van der Waals surface area contributed by atoms with Crippen molar-refractivity contribution in [1.29, 1.82) is 0 Å². The number of thioether (sulfide) groups is 1. The number of para-hydroxylation sites is 2. The number of fused-ring (bicyclic) bond motifs is 1. The first-order chi connectivity index (χ1) is 14.1. The number of carbonyl (C=O) groups excluding carboxylic acids is 1. The zero-order valence-corrected chi connectivity index (χ0v) is 17.2. The van der Waals surface area contributed by atoms with Gasteiger partial charge in [0.25, 0.3) is 5.91 Å². The van der Waals surface area contributed by atoms with Crippen molar-refractivity contribution in [2.75, 3.05) is 5.75 Å². The fourth-order valence-corrected chi connectivity index (χ4v) is 3.66. The Morgan fingerprint density at radius 2 is 2.03 bits per heavy atom. The minimum absolute atomic E-state index is 0.179. The lowest BCUT2D eigenvalue weighted by atomic mass is 10.2. The lowest BCUT2D eigenvalue weighted by Gasteiger charge is -2.01. The predicted molar refractivity (Wildman–Crippen MR) is 117 cm³/mol. The highest BCUT2D eigenvalue weighted by Gasteiger charge is 2.10. The van der Waals surface area contributed by atoms with Gasteiger partial charge in [-0.05, 0) is 36.4 Å². The number of aromatic amines is 1. The van der Waals surface area contributed by atoms with Crippen LogP contribution in [0.4, 0.5) is 0 Å². The summed E-state index contributed by atoms with van der Waals surface area (Å²) >= 11 is 13.5. The van der Waals surface area contributed by atoms with Crippen LogP contribution in [0.25, 0.3) is 22.4 Å². The molecule has 2 aromatic heterocycles. The SMILES string of the molecule is O=C(CSc1nc2ccccc2[nH]1)N/N=C\c1ccc(-c2cccc(Cl)c2Cl)o1. The number of nitrogens with zero attached hydrogens (tertiary/aromatic N) is 2. The van der Waals surface area contributed by atoms with Gasteiger partial charge in [0.1, 0.15) is 11.5 Å². The third-order valence-electron chi connectivity index (χ3n) is 3.93. The van der Waals surface area contributed by atoms with E-state index in [1.165, 1.54) is 18.0 Å². The summed E-state index contributed by atoms with van der Waals surface area (Å²) in [6, 6.07) is 16.5. The lowest BCUT2D eigenvalue weighted by molar-refractivity contribution is -0.118. The molecule has 0 spiro atoms. The molecule has 4 rings (SSSR count). The van der Waals surface area contributed by atoms with E-state index in [-0.39, 0.29) is 11.7 Å². The van der Waals surface area contributed by atoms with Crippen molar-refractivity contribution < 1.29 is 9.21 Å². The molecule has 146 valence electrons. The highest BCUT2D eigenvalue weighted by molar-refractivity contribution is 7.99. The van der Waals surface area contributed by atoms with Crippen molar-refractivity contribution in [1.82, 2.24) is 15.4 Å². The van der Waals surface area contributed by atoms with Crippen LogP contribution in [0.1, 0.15) is 5.76 Å². The number of carbonyl (C=O) groups is 1. The van der Waals surface area contributed by atoms with Crippen LogP contribution >= 0.6 is 35.0 Å². The minimum atomic E-state index is -0.253. The molecule has 0 aliphatic heterocycles. The monoisotopic (exact) mass is 444 g/mol. The maximum Gasteiger partial charge on any atom is 0.250 e. The molecule has 0 fully saturated rings. The van der Waals surface area contributed by atoms with E-state index < -0.39 is 0 Å². The van der Waals surface area contributed by atoms with Crippen LogP contribution in [0.5, 0.6) is 0 Å². The third kappa shape index (κ3) is 4.64. The molecule has 9 heteroatoms. The van der Waals surface area contributed by atoms with Crippen molar-refractivity contribution in [2.24, 2.45) is 5.10 Å². The molecule has 6 nitrogen and oxygen atoms in total. The summed E-state index contributed by atoms with van der Waals surface area (Å²) in [5.41, 5.74) is 4.95. The second kappa shape index (κ2) is 8.73. The Kier molecular flexibility index (Phi) is 5.89. The first-order valence-electron chi connectivity index (χ1n) is 8.54. The highest BCUT2D eigenvalue weighted by atomic mass is 35.5. The topological polar surface area (TPSA) is 83.3 Å². The Labute approximate surface area is 180 Å². The fourth-order valence-electron chi connectivity index (χ4n) is 2.59. The number of furan rings is 1. The molecule has 0 aliphatic carbocycles. The Balaban J connectivity index is 1.32. The molecule has 0 unspecified atom stereocenters. The molecule has 2 aromatic carbocycles. The van der Waals surface area contributed by atoms with E-state index in [9.17, 15) is 4.79 Å². The number of hydrazone groups is 1. The van der Waals surface area contributed by atoms with Gasteiger partial charge < -0.3 is 9.40 Å². The highest BCUT2D eigenvalue weighted by Crippen LogP contribution is 2.34. The van der Waals surface area contributed by atoms with Crippen molar-refractivity contribution in [3.05, 3.63) is 70.4 Å². The van der Waals surface area contributed by atoms with Crippen LogP contribution in [-0.4, -0.2) is 27.8 Å². The maximum absolute atomic E-state index is 12.0. The molecule has 0 saturated heterocycles. The summed E-state index contributed by atoms with van der Waals surface area (Å²) in [7, 11) is 0. The molecule has 0 saturated carbocycles. The van der Waals surface area contributed by atoms with E-state index in [4.69, 9.17) is 27.6 Å². The van der Waals surface area contributed by atoms with E-state index >= 15 is 0 Å². The van der Waals surface area contributed by atoms with E-state index in [0.717, 1.165) is 11.0 Å². The van der Waals surface area contributed by atoms with E-state index in [1.807, 2.05) is 30.3 Å². The van der Waals surface area contributed by atoms with Gasteiger partial charge in [-0.25, -0.2) is 10.4 Å². The van der Waals surface area contributed by atoms with Gasteiger partial charge in [-0.1, -0.05) is 53.2 Å². The second-order valence-electron chi connectivity index (χ2n) is 5.94. The van der Waals surface area contributed by atoms with Crippen molar-refractivity contribution >= 4 is 58.1 Å². The second-order valence-corrected chi connectivity index (χ2v) is 7.69. The Morgan fingerprint density at radius 1 is 1.17 bits per heavy atom. The first-order valence-corrected chi connectivity index (χ1v) is 10.3. The Morgan fingerprint density at radius 3 is 2.90 bits per heavy atom. The molecule has 0 radical (unpaired) electrons. The Hall–Kier alpha value is -2.74. The Bertz CT molecular complexity index is 1170.